The zero-order valence-electron chi connectivity index (χ0n) is 20.3. The molecule has 0 aliphatic heterocycles. The lowest BCUT2D eigenvalue weighted by Crippen LogP contribution is -2.19. The average molecular weight is 470 g/mol. The number of carbonyl (C=O) groups excluding carboxylic acids is 1. The van der Waals surface area contributed by atoms with Crippen molar-refractivity contribution in [3.05, 3.63) is 65.7 Å². The molecule has 0 unspecified atom stereocenters. The van der Waals surface area contributed by atoms with Crippen molar-refractivity contribution >= 4 is 5.78 Å². The van der Waals surface area contributed by atoms with Gasteiger partial charge in [0.1, 0.15) is 5.82 Å². The molecule has 8 heteroatoms. The van der Waals surface area contributed by atoms with Gasteiger partial charge in [-0.2, -0.15) is 5.21 Å². The number of nitrogens with one attached hydrogen (secondary N) is 1. The van der Waals surface area contributed by atoms with Crippen LogP contribution in [0.2, 0.25) is 0 Å². The van der Waals surface area contributed by atoms with Crippen molar-refractivity contribution in [1.29, 1.82) is 0 Å². The second-order valence-electron chi connectivity index (χ2n) is 9.78. The average Bonchev–Trinajstić information content (AvgIpc) is 3.55. The lowest BCUT2D eigenvalue weighted by Gasteiger charge is -2.18. The number of ketones is 1. The summed E-state index contributed by atoms with van der Waals surface area (Å²) in [6.07, 6.45) is 6.01. The molecule has 0 spiro atoms. The van der Waals surface area contributed by atoms with E-state index in [9.17, 15) is 4.79 Å². The summed E-state index contributed by atoms with van der Waals surface area (Å²) >= 11 is 0. The van der Waals surface area contributed by atoms with E-state index >= 15 is 0 Å². The summed E-state index contributed by atoms with van der Waals surface area (Å²) in [5.41, 5.74) is 4.17. The van der Waals surface area contributed by atoms with Crippen LogP contribution in [0.5, 0.6) is 0 Å². The topological polar surface area (TPSA) is 102 Å². The van der Waals surface area contributed by atoms with Crippen molar-refractivity contribution in [1.82, 2.24) is 35.4 Å². The van der Waals surface area contributed by atoms with Gasteiger partial charge in [0.05, 0.1) is 0 Å². The monoisotopic (exact) mass is 469 g/mol. The molecule has 1 fully saturated rings. The van der Waals surface area contributed by atoms with Crippen LogP contribution < -0.4 is 0 Å². The quantitative estimate of drug-likeness (QED) is 0.359. The number of hydrogen-bond donors (Lipinski definition) is 1. The Morgan fingerprint density at radius 3 is 2.46 bits per heavy atom. The predicted octanol–water partition coefficient (Wildman–Crippen LogP) is 5.14. The zero-order chi connectivity index (χ0) is 24.2. The lowest BCUT2D eigenvalue weighted by molar-refractivity contribution is 0.0878. The Balaban J connectivity index is 1.38. The highest BCUT2D eigenvalue weighted by Gasteiger charge is 2.26. The number of tetrazole rings is 1. The first kappa shape index (κ1) is 23.1. The predicted molar refractivity (Wildman–Crippen MR) is 134 cm³/mol. The number of carbonyl (C=O) groups is 1. The summed E-state index contributed by atoms with van der Waals surface area (Å²) < 4.78 is 1.93. The molecule has 35 heavy (non-hydrogen) atoms. The molecule has 0 saturated heterocycles. The molecule has 2 aromatic heterocycles. The summed E-state index contributed by atoms with van der Waals surface area (Å²) in [5.74, 6) is 2.40. The maximum Gasteiger partial charge on any atom is 0.217 e. The van der Waals surface area contributed by atoms with Crippen LogP contribution in [-0.4, -0.2) is 41.2 Å². The van der Waals surface area contributed by atoms with E-state index in [1.807, 2.05) is 22.9 Å². The zero-order valence-corrected chi connectivity index (χ0v) is 20.3. The van der Waals surface area contributed by atoms with Crippen LogP contribution in [-0.2, 0) is 13.0 Å². The first-order valence-corrected chi connectivity index (χ1v) is 12.5. The van der Waals surface area contributed by atoms with Gasteiger partial charge in [-0.15, -0.1) is 15.3 Å². The normalized spacial score (nSPS) is 14.5. The SMILES string of the molecule is CC(C)Cn1nc(C(=O)C2CCCCC2)nc1Cc1ccc(-c2ccccc2-c2nn[nH]n2)cc1. The summed E-state index contributed by atoms with van der Waals surface area (Å²) in [6.45, 7) is 5.06. The van der Waals surface area contributed by atoms with Crippen LogP contribution in [0.25, 0.3) is 22.5 Å². The Morgan fingerprint density at radius 1 is 1.03 bits per heavy atom. The Morgan fingerprint density at radius 2 is 1.77 bits per heavy atom. The highest BCUT2D eigenvalue weighted by molar-refractivity contribution is 5.94. The Hall–Kier alpha value is -3.68. The number of hydrogen-bond acceptors (Lipinski definition) is 6. The molecule has 8 nitrogen and oxygen atoms in total. The van der Waals surface area contributed by atoms with Gasteiger partial charge < -0.3 is 0 Å². The molecule has 0 atom stereocenters. The third-order valence-corrected chi connectivity index (χ3v) is 6.62. The maximum atomic E-state index is 13.1. The molecule has 5 rings (SSSR count). The Kier molecular flexibility index (Phi) is 6.79. The van der Waals surface area contributed by atoms with Crippen LogP contribution >= 0.6 is 0 Å². The number of aromatic amines is 1. The van der Waals surface area contributed by atoms with E-state index in [0.717, 1.165) is 60.3 Å². The third-order valence-electron chi connectivity index (χ3n) is 6.62. The number of H-pyrrole nitrogens is 1. The summed E-state index contributed by atoms with van der Waals surface area (Å²) in [4.78, 5) is 17.8. The van der Waals surface area contributed by atoms with Crippen molar-refractivity contribution in [3.8, 4) is 22.5 Å². The summed E-state index contributed by atoms with van der Waals surface area (Å²) in [6, 6.07) is 16.5. The summed E-state index contributed by atoms with van der Waals surface area (Å²) in [7, 11) is 0. The van der Waals surface area contributed by atoms with Gasteiger partial charge in [0.2, 0.25) is 17.4 Å². The molecule has 0 bridgehead atoms. The van der Waals surface area contributed by atoms with Crippen molar-refractivity contribution in [2.24, 2.45) is 11.8 Å². The number of aromatic nitrogens is 7. The number of rotatable bonds is 8. The minimum absolute atomic E-state index is 0.0741. The molecule has 2 heterocycles. The van der Waals surface area contributed by atoms with Crippen molar-refractivity contribution < 1.29 is 4.79 Å². The second-order valence-corrected chi connectivity index (χ2v) is 9.78. The smallest absolute Gasteiger partial charge is 0.217 e. The number of benzene rings is 2. The molecule has 1 aliphatic carbocycles. The van der Waals surface area contributed by atoms with Gasteiger partial charge in [-0.1, -0.05) is 81.6 Å². The van der Waals surface area contributed by atoms with Gasteiger partial charge in [0.25, 0.3) is 0 Å². The molecule has 1 aliphatic rings. The molecular formula is C27H31N7O. The van der Waals surface area contributed by atoms with Gasteiger partial charge in [-0.3, -0.25) is 4.79 Å². The van der Waals surface area contributed by atoms with Crippen molar-refractivity contribution in [2.45, 2.75) is 58.9 Å². The van der Waals surface area contributed by atoms with E-state index in [2.05, 4.69) is 69.9 Å². The lowest BCUT2D eigenvalue weighted by atomic mass is 9.86. The van der Waals surface area contributed by atoms with Crippen molar-refractivity contribution in [3.63, 3.8) is 0 Å². The van der Waals surface area contributed by atoms with Crippen LogP contribution in [0.4, 0.5) is 0 Å². The van der Waals surface area contributed by atoms with Gasteiger partial charge >= 0.3 is 0 Å². The minimum Gasteiger partial charge on any atom is -0.290 e. The highest BCUT2D eigenvalue weighted by Crippen LogP contribution is 2.30. The molecule has 4 aromatic rings. The Labute approximate surface area is 205 Å². The first-order chi connectivity index (χ1) is 17.1. The van der Waals surface area contributed by atoms with Crippen LogP contribution in [0.3, 0.4) is 0 Å². The standard InChI is InChI=1S/C27H31N7O/c1-18(2)17-34-24(28-27(31-34)25(35)21-8-4-3-5-9-21)16-19-12-14-20(15-13-19)22-10-6-7-11-23(22)26-29-32-33-30-26/h6-7,10-15,18,21H,3-5,8-9,16-17H2,1-2H3,(H,29,30,32,33). The van der Waals surface area contributed by atoms with Gasteiger partial charge in [-0.05, 0) is 40.7 Å². The molecule has 1 saturated carbocycles. The van der Waals surface area contributed by atoms with E-state index in [4.69, 9.17) is 4.98 Å². The van der Waals surface area contributed by atoms with Gasteiger partial charge in [-0.25, -0.2) is 9.67 Å². The van der Waals surface area contributed by atoms with E-state index in [-0.39, 0.29) is 11.7 Å². The van der Waals surface area contributed by atoms with E-state index in [0.29, 0.717) is 24.0 Å². The van der Waals surface area contributed by atoms with Crippen molar-refractivity contribution in [2.75, 3.05) is 0 Å². The van der Waals surface area contributed by atoms with Gasteiger partial charge in [0, 0.05) is 24.4 Å². The van der Waals surface area contributed by atoms with Crippen LogP contribution in [0, 0.1) is 11.8 Å². The molecule has 180 valence electrons. The molecule has 2 aromatic carbocycles. The number of Topliss-reactive ketones (excluding diaryl/α,β-unsaturated/α-hetero) is 1. The van der Waals surface area contributed by atoms with Gasteiger partial charge in [0.15, 0.2) is 0 Å². The van der Waals surface area contributed by atoms with E-state index in [1.165, 1.54) is 6.42 Å². The molecular weight excluding hydrogens is 438 g/mol. The fourth-order valence-electron chi connectivity index (χ4n) is 4.84. The molecule has 0 radical (unpaired) electrons. The third kappa shape index (κ3) is 5.21. The van der Waals surface area contributed by atoms with Crippen LogP contribution in [0.1, 0.15) is 68.0 Å². The maximum absolute atomic E-state index is 13.1. The molecule has 1 N–H and O–H groups in total. The highest BCUT2D eigenvalue weighted by atomic mass is 16.1. The van der Waals surface area contributed by atoms with Crippen LogP contribution in [0.15, 0.2) is 48.5 Å². The fraction of sp³-hybridized carbons (Fsp3) is 0.407. The Bertz CT molecular complexity index is 1270. The second kappa shape index (κ2) is 10.3. The van der Waals surface area contributed by atoms with E-state index in [1.54, 1.807) is 0 Å². The fourth-order valence-corrected chi connectivity index (χ4v) is 4.84. The molecule has 0 amide bonds. The number of nitrogens with zero attached hydrogens (tertiary/aromatic N) is 6. The largest absolute Gasteiger partial charge is 0.290 e. The first-order valence-electron chi connectivity index (χ1n) is 12.5. The van der Waals surface area contributed by atoms with E-state index < -0.39 is 0 Å². The summed E-state index contributed by atoms with van der Waals surface area (Å²) in [5, 5.41) is 19.1. The minimum atomic E-state index is 0.0741.